The number of nitrogens with zero attached hydrogens (tertiary/aromatic N) is 4. The fraction of sp³-hybridized carbons (Fsp3) is 0.214. The maximum Gasteiger partial charge on any atom is 0.267 e. The van der Waals surface area contributed by atoms with Crippen LogP contribution in [0.25, 0.3) is 10.6 Å². The van der Waals surface area contributed by atoms with Gasteiger partial charge in [-0.15, -0.1) is 21.5 Å². The molecule has 0 spiro atoms. The van der Waals surface area contributed by atoms with E-state index >= 15 is 0 Å². The molecule has 118 valence electrons. The van der Waals surface area contributed by atoms with Crippen LogP contribution in [0.5, 0.6) is 0 Å². The number of hydrogen-bond acceptors (Lipinski definition) is 7. The van der Waals surface area contributed by atoms with Crippen molar-refractivity contribution >= 4 is 33.7 Å². The van der Waals surface area contributed by atoms with Crippen molar-refractivity contribution in [3.63, 3.8) is 0 Å². The average molecular weight is 347 g/mol. The number of aromatic nitrogens is 4. The molecule has 3 aromatic heterocycles. The number of nitrogens with one attached hydrogen (secondary N) is 1. The van der Waals surface area contributed by atoms with E-state index in [-0.39, 0.29) is 11.5 Å². The number of anilines is 1. The summed E-state index contributed by atoms with van der Waals surface area (Å²) in [6.07, 6.45) is 0. The Balaban J connectivity index is 1.86. The van der Waals surface area contributed by atoms with Crippen LogP contribution in [-0.4, -0.2) is 25.9 Å². The Morgan fingerprint density at radius 1 is 1.30 bits per heavy atom. The molecule has 0 aromatic carbocycles. The topological polar surface area (TPSA) is 89.8 Å². The van der Waals surface area contributed by atoms with E-state index in [0.717, 1.165) is 9.88 Å². The fourth-order valence-corrected chi connectivity index (χ4v) is 3.21. The van der Waals surface area contributed by atoms with Crippen LogP contribution < -0.4 is 10.9 Å². The lowest BCUT2D eigenvalue weighted by molar-refractivity contribution is -0.119. The van der Waals surface area contributed by atoms with Crippen molar-refractivity contribution < 1.29 is 4.79 Å². The first-order valence-corrected chi connectivity index (χ1v) is 8.49. The first kappa shape index (κ1) is 15.5. The normalized spacial score (nSPS) is 12.1. The molecule has 1 amide bonds. The summed E-state index contributed by atoms with van der Waals surface area (Å²) in [5, 5.41) is 17.7. The molecule has 1 atom stereocenters. The van der Waals surface area contributed by atoms with Crippen molar-refractivity contribution in [3.05, 3.63) is 45.0 Å². The molecule has 0 aliphatic heterocycles. The van der Waals surface area contributed by atoms with Crippen molar-refractivity contribution in [2.45, 2.75) is 19.9 Å². The molecule has 3 heterocycles. The molecule has 0 saturated heterocycles. The summed E-state index contributed by atoms with van der Waals surface area (Å²) in [4.78, 5) is 25.3. The second kappa shape index (κ2) is 6.39. The van der Waals surface area contributed by atoms with Crippen LogP contribution in [-0.2, 0) is 4.79 Å². The van der Waals surface area contributed by atoms with E-state index in [1.165, 1.54) is 33.4 Å². The summed E-state index contributed by atoms with van der Waals surface area (Å²) >= 11 is 2.79. The summed E-state index contributed by atoms with van der Waals surface area (Å²) in [6, 6.07) is 6.14. The van der Waals surface area contributed by atoms with E-state index < -0.39 is 6.04 Å². The molecule has 1 unspecified atom stereocenters. The van der Waals surface area contributed by atoms with E-state index in [1.54, 1.807) is 19.9 Å². The van der Waals surface area contributed by atoms with E-state index in [1.807, 2.05) is 17.5 Å². The van der Waals surface area contributed by atoms with Gasteiger partial charge < -0.3 is 0 Å². The van der Waals surface area contributed by atoms with Crippen molar-refractivity contribution in [1.82, 2.24) is 20.0 Å². The summed E-state index contributed by atoms with van der Waals surface area (Å²) < 4.78 is 1.18. The Kier molecular flexibility index (Phi) is 4.30. The van der Waals surface area contributed by atoms with Gasteiger partial charge in [-0.05, 0) is 31.4 Å². The number of aryl methyl sites for hydroxylation is 1. The Bertz CT molecular complexity index is 885. The van der Waals surface area contributed by atoms with Crippen molar-refractivity contribution in [1.29, 1.82) is 0 Å². The summed E-state index contributed by atoms with van der Waals surface area (Å²) in [7, 11) is 0. The molecular formula is C14H13N5O2S2. The van der Waals surface area contributed by atoms with Crippen LogP contribution in [0.1, 0.15) is 18.0 Å². The smallest absolute Gasteiger partial charge is 0.267 e. The number of amides is 1. The number of carbonyl (C=O) groups excluding carboxylic acids is 1. The largest absolute Gasteiger partial charge is 0.299 e. The third kappa shape index (κ3) is 3.35. The average Bonchev–Trinajstić information content (AvgIpc) is 3.19. The molecule has 0 radical (unpaired) electrons. The molecule has 0 aliphatic carbocycles. The highest BCUT2D eigenvalue weighted by Crippen LogP contribution is 2.22. The molecule has 0 fully saturated rings. The van der Waals surface area contributed by atoms with Crippen LogP contribution in [0.15, 0.2) is 34.4 Å². The highest BCUT2D eigenvalue weighted by molar-refractivity contribution is 7.15. The lowest BCUT2D eigenvalue weighted by atomic mass is 10.3. The number of thiophene rings is 1. The zero-order chi connectivity index (χ0) is 16.4. The predicted octanol–water partition coefficient (Wildman–Crippen LogP) is 2.33. The predicted molar refractivity (Wildman–Crippen MR) is 89.8 cm³/mol. The first-order chi connectivity index (χ1) is 11.0. The van der Waals surface area contributed by atoms with Gasteiger partial charge in [0, 0.05) is 6.07 Å². The summed E-state index contributed by atoms with van der Waals surface area (Å²) in [5.41, 5.74) is 0.326. The number of hydrogen-bond donors (Lipinski definition) is 1. The van der Waals surface area contributed by atoms with Gasteiger partial charge in [-0.3, -0.25) is 14.9 Å². The molecule has 23 heavy (non-hydrogen) atoms. The number of rotatable bonds is 4. The van der Waals surface area contributed by atoms with Gasteiger partial charge in [0.05, 0.1) is 4.88 Å². The van der Waals surface area contributed by atoms with Gasteiger partial charge in [0.15, 0.2) is 0 Å². The van der Waals surface area contributed by atoms with Gasteiger partial charge >= 0.3 is 0 Å². The molecule has 0 bridgehead atoms. The van der Waals surface area contributed by atoms with Crippen LogP contribution in [0.3, 0.4) is 0 Å². The van der Waals surface area contributed by atoms with Crippen LogP contribution in [0.2, 0.25) is 0 Å². The van der Waals surface area contributed by atoms with Gasteiger partial charge in [-0.25, -0.2) is 4.68 Å². The van der Waals surface area contributed by atoms with Crippen molar-refractivity contribution in [3.8, 4) is 10.6 Å². The van der Waals surface area contributed by atoms with Crippen molar-refractivity contribution in [2.75, 3.05) is 5.32 Å². The molecule has 7 nitrogen and oxygen atoms in total. The van der Waals surface area contributed by atoms with Gasteiger partial charge in [0.25, 0.3) is 11.5 Å². The monoisotopic (exact) mass is 347 g/mol. The van der Waals surface area contributed by atoms with Gasteiger partial charge in [-0.2, -0.15) is 5.10 Å². The van der Waals surface area contributed by atoms with Gasteiger partial charge in [0.2, 0.25) is 5.13 Å². The quantitative estimate of drug-likeness (QED) is 0.782. The Morgan fingerprint density at radius 3 is 2.78 bits per heavy atom. The van der Waals surface area contributed by atoms with Gasteiger partial charge in [0.1, 0.15) is 16.7 Å². The van der Waals surface area contributed by atoms with E-state index in [9.17, 15) is 9.59 Å². The highest BCUT2D eigenvalue weighted by atomic mass is 32.1. The van der Waals surface area contributed by atoms with Crippen LogP contribution in [0.4, 0.5) is 5.13 Å². The molecule has 9 heteroatoms. The fourth-order valence-electron chi connectivity index (χ4n) is 1.93. The summed E-state index contributed by atoms with van der Waals surface area (Å²) in [5.74, 6) is -0.362. The Labute approximate surface area is 139 Å². The zero-order valence-corrected chi connectivity index (χ0v) is 14.0. The van der Waals surface area contributed by atoms with E-state index in [2.05, 4.69) is 20.6 Å². The maximum atomic E-state index is 12.3. The molecule has 3 rings (SSSR count). The van der Waals surface area contributed by atoms with E-state index in [4.69, 9.17) is 0 Å². The minimum atomic E-state index is -0.758. The van der Waals surface area contributed by atoms with Crippen LogP contribution >= 0.6 is 22.7 Å². The number of carbonyl (C=O) groups is 1. The molecule has 0 saturated carbocycles. The molecular weight excluding hydrogens is 334 g/mol. The maximum absolute atomic E-state index is 12.3. The van der Waals surface area contributed by atoms with E-state index in [0.29, 0.717) is 10.8 Å². The second-order valence-electron chi connectivity index (χ2n) is 4.77. The zero-order valence-electron chi connectivity index (χ0n) is 12.4. The highest BCUT2D eigenvalue weighted by Gasteiger charge is 2.19. The second-order valence-corrected chi connectivity index (χ2v) is 6.90. The lowest BCUT2D eigenvalue weighted by Crippen LogP contribution is -2.33. The Morgan fingerprint density at radius 2 is 2.13 bits per heavy atom. The third-order valence-corrected chi connectivity index (χ3v) is 4.75. The lowest BCUT2D eigenvalue weighted by Gasteiger charge is -2.13. The van der Waals surface area contributed by atoms with Crippen molar-refractivity contribution in [2.24, 2.45) is 0 Å². The minimum Gasteiger partial charge on any atom is -0.299 e. The molecule has 3 aromatic rings. The molecule has 1 N–H and O–H groups in total. The molecule has 0 aliphatic rings. The van der Waals surface area contributed by atoms with Gasteiger partial charge in [-0.1, -0.05) is 17.4 Å². The summed E-state index contributed by atoms with van der Waals surface area (Å²) in [6.45, 7) is 3.42. The minimum absolute atomic E-state index is 0.332. The third-order valence-electron chi connectivity index (χ3n) is 3.10. The Hall–Kier alpha value is -2.39. The first-order valence-electron chi connectivity index (χ1n) is 6.79. The SMILES string of the molecule is Cc1nnc(NC(=O)C(C)n2nc(-c3cccs3)ccc2=O)s1. The standard InChI is InChI=1S/C14H13N5O2S2/c1-8(13(21)15-14-17-16-9(2)23-14)19-12(20)6-5-10(18-19)11-4-3-7-22-11/h3-8H,1-2H3,(H,15,17,21). The van der Waals surface area contributed by atoms with Crippen LogP contribution in [0, 0.1) is 6.92 Å².